The second-order valence-corrected chi connectivity index (χ2v) is 5.64. The van der Waals surface area contributed by atoms with Crippen molar-refractivity contribution in [3.05, 3.63) is 50.9 Å². The molecule has 0 radical (unpaired) electrons. The monoisotopic (exact) mass is 296 g/mol. The maximum atomic E-state index is 11.2. The molecule has 0 aliphatic heterocycles. The minimum Gasteiger partial charge on any atom is -0.465 e. The molecule has 4 nitrogen and oxygen atoms in total. The normalized spacial score (nSPS) is 10.4. The minimum absolute atomic E-state index is 0.375. The van der Waals surface area contributed by atoms with Gasteiger partial charge < -0.3 is 10.1 Å². The number of esters is 1. The molecule has 0 aromatic carbocycles. The summed E-state index contributed by atoms with van der Waals surface area (Å²) in [5.41, 5.74) is 1.33. The number of thiophene rings is 1. The lowest BCUT2D eigenvalue weighted by Crippen LogP contribution is -2.13. The Morgan fingerprint density at radius 3 is 2.79 bits per heavy atom. The molecule has 1 N–H and O–H groups in total. The molecule has 2 rings (SSSR count). The first-order valence-corrected chi connectivity index (χ1v) is 6.86. The van der Waals surface area contributed by atoms with Crippen LogP contribution in [0.3, 0.4) is 0 Å². The van der Waals surface area contributed by atoms with E-state index in [4.69, 9.17) is 11.6 Å². The first kappa shape index (κ1) is 14.0. The molecule has 6 heteroatoms. The summed E-state index contributed by atoms with van der Waals surface area (Å²) >= 11 is 7.41. The van der Waals surface area contributed by atoms with Crippen molar-refractivity contribution in [1.82, 2.24) is 10.3 Å². The zero-order valence-electron chi connectivity index (χ0n) is 10.4. The Morgan fingerprint density at radius 2 is 2.21 bits per heavy atom. The average Bonchev–Trinajstić information content (AvgIpc) is 2.84. The summed E-state index contributed by atoms with van der Waals surface area (Å²) in [6.45, 7) is 1.38. The van der Waals surface area contributed by atoms with Gasteiger partial charge in [-0.2, -0.15) is 0 Å². The van der Waals surface area contributed by atoms with Crippen molar-refractivity contribution in [3.63, 3.8) is 0 Å². The van der Waals surface area contributed by atoms with Gasteiger partial charge in [0.1, 0.15) is 0 Å². The molecule has 0 atom stereocenters. The fourth-order valence-corrected chi connectivity index (χ4v) is 2.59. The Kier molecular flexibility index (Phi) is 4.90. The van der Waals surface area contributed by atoms with Crippen LogP contribution in [-0.2, 0) is 17.8 Å². The van der Waals surface area contributed by atoms with Crippen LogP contribution in [0.5, 0.6) is 0 Å². The van der Waals surface area contributed by atoms with Crippen LogP contribution in [0.2, 0.25) is 4.34 Å². The third-order valence-corrected chi connectivity index (χ3v) is 3.71. The number of hydrogen-bond acceptors (Lipinski definition) is 5. The Bertz CT molecular complexity index is 554. The molecule has 2 heterocycles. The molecule has 19 heavy (non-hydrogen) atoms. The summed E-state index contributed by atoms with van der Waals surface area (Å²) in [6.07, 6.45) is 1.52. The van der Waals surface area contributed by atoms with Gasteiger partial charge >= 0.3 is 5.97 Å². The molecule has 0 saturated heterocycles. The van der Waals surface area contributed by atoms with Crippen molar-refractivity contribution in [2.24, 2.45) is 0 Å². The summed E-state index contributed by atoms with van der Waals surface area (Å²) in [5.74, 6) is -0.375. The third-order valence-electron chi connectivity index (χ3n) is 2.48. The summed E-state index contributed by atoms with van der Waals surface area (Å²) in [5, 5.41) is 3.27. The van der Waals surface area contributed by atoms with Gasteiger partial charge in [-0.15, -0.1) is 11.3 Å². The van der Waals surface area contributed by atoms with E-state index in [1.165, 1.54) is 18.2 Å². The highest BCUT2D eigenvalue weighted by molar-refractivity contribution is 7.16. The van der Waals surface area contributed by atoms with E-state index in [1.54, 1.807) is 23.5 Å². The fraction of sp³-hybridized carbons (Fsp3) is 0.231. The zero-order chi connectivity index (χ0) is 13.7. The van der Waals surface area contributed by atoms with Gasteiger partial charge in [-0.05, 0) is 24.3 Å². The highest BCUT2D eigenvalue weighted by Gasteiger charge is 2.05. The van der Waals surface area contributed by atoms with E-state index in [9.17, 15) is 4.79 Å². The van der Waals surface area contributed by atoms with Crippen molar-refractivity contribution in [3.8, 4) is 0 Å². The second kappa shape index (κ2) is 6.65. The maximum absolute atomic E-state index is 11.2. The summed E-state index contributed by atoms with van der Waals surface area (Å²) in [4.78, 5) is 16.6. The van der Waals surface area contributed by atoms with Crippen molar-refractivity contribution >= 4 is 28.9 Å². The van der Waals surface area contributed by atoms with Crippen LogP contribution in [-0.4, -0.2) is 18.1 Å². The van der Waals surface area contributed by atoms with E-state index in [1.807, 2.05) is 12.1 Å². The third kappa shape index (κ3) is 4.02. The number of carbonyl (C=O) groups excluding carboxylic acids is 1. The first-order chi connectivity index (χ1) is 9.19. The van der Waals surface area contributed by atoms with Crippen LogP contribution in [0.4, 0.5) is 0 Å². The number of pyridine rings is 1. The van der Waals surface area contributed by atoms with E-state index < -0.39 is 0 Å². The van der Waals surface area contributed by atoms with Crippen LogP contribution in [0.15, 0.2) is 30.5 Å². The molecule has 0 fully saturated rings. The summed E-state index contributed by atoms with van der Waals surface area (Å²) < 4.78 is 5.40. The molecule has 0 unspecified atom stereocenters. The Morgan fingerprint density at radius 1 is 1.37 bits per heavy atom. The van der Waals surface area contributed by atoms with Crippen LogP contribution in [0.1, 0.15) is 20.9 Å². The smallest absolute Gasteiger partial charge is 0.339 e. The molecule has 0 saturated carbocycles. The van der Waals surface area contributed by atoms with Crippen LogP contribution < -0.4 is 5.32 Å². The van der Waals surface area contributed by atoms with Gasteiger partial charge in [0.25, 0.3) is 0 Å². The molecule has 100 valence electrons. The van der Waals surface area contributed by atoms with Gasteiger partial charge in [-0.1, -0.05) is 11.6 Å². The number of rotatable bonds is 5. The van der Waals surface area contributed by atoms with Gasteiger partial charge in [0.05, 0.1) is 22.7 Å². The quantitative estimate of drug-likeness (QED) is 0.862. The van der Waals surface area contributed by atoms with E-state index in [0.717, 1.165) is 16.6 Å². The topological polar surface area (TPSA) is 51.2 Å². The van der Waals surface area contributed by atoms with E-state index >= 15 is 0 Å². The highest BCUT2D eigenvalue weighted by atomic mass is 35.5. The van der Waals surface area contributed by atoms with Gasteiger partial charge in [0, 0.05) is 24.2 Å². The lowest BCUT2D eigenvalue weighted by Gasteiger charge is -2.03. The Balaban J connectivity index is 1.84. The largest absolute Gasteiger partial charge is 0.465 e. The van der Waals surface area contributed by atoms with Gasteiger partial charge in [-0.3, -0.25) is 4.98 Å². The molecule has 0 bridgehead atoms. The predicted molar refractivity (Wildman–Crippen MR) is 75.4 cm³/mol. The van der Waals surface area contributed by atoms with Crippen molar-refractivity contribution in [1.29, 1.82) is 0 Å². The summed E-state index contributed by atoms with van der Waals surface area (Å²) in [7, 11) is 1.35. The molecule has 0 aliphatic carbocycles. The second-order valence-electron chi connectivity index (χ2n) is 3.84. The highest BCUT2D eigenvalue weighted by Crippen LogP contribution is 2.21. The lowest BCUT2D eigenvalue weighted by molar-refractivity contribution is 0.0600. The molecular weight excluding hydrogens is 284 g/mol. The number of halogens is 1. The number of aromatic nitrogens is 1. The number of ether oxygens (including phenoxy) is 1. The van der Waals surface area contributed by atoms with E-state index in [2.05, 4.69) is 15.0 Å². The molecule has 2 aromatic rings. The number of hydrogen-bond donors (Lipinski definition) is 1. The SMILES string of the molecule is COC(=O)c1ccc(CNCc2ccc(Cl)s2)nc1. The molecule has 0 amide bonds. The van der Waals surface area contributed by atoms with Gasteiger partial charge in [-0.25, -0.2) is 4.79 Å². The lowest BCUT2D eigenvalue weighted by atomic mass is 10.2. The first-order valence-electron chi connectivity index (χ1n) is 5.67. The van der Waals surface area contributed by atoms with Crippen molar-refractivity contribution in [2.75, 3.05) is 7.11 Å². The number of nitrogens with zero attached hydrogens (tertiary/aromatic N) is 1. The van der Waals surface area contributed by atoms with Crippen molar-refractivity contribution < 1.29 is 9.53 Å². The van der Waals surface area contributed by atoms with Crippen molar-refractivity contribution in [2.45, 2.75) is 13.1 Å². The standard InChI is InChI=1S/C13H13ClN2O2S/c1-18-13(17)9-2-3-10(16-6-9)7-15-8-11-4-5-12(14)19-11/h2-6,15H,7-8H2,1H3. The van der Waals surface area contributed by atoms with Crippen LogP contribution in [0.25, 0.3) is 0 Å². The molecule has 2 aromatic heterocycles. The molecular formula is C13H13ClN2O2S. The number of carbonyl (C=O) groups is 1. The summed E-state index contributed by atoms with van der Waals surface area (Å²) in [6, 6.07) is 7.39. The fourth-order valence-electron chi connectivity index (χ4n) is 1.53. The Labute approximate surface area is 120 Å². The molecule has 0 aliphatic rings. The number of methoxy groups -OCH3 is 1. The van der Waals surface area contributed by atoms with Crippen LogP contribution in [0, 0.1) is 0 Å². The van der Waals surface area contributed by atoms with E-state index in [0.29, 0.717) is 12.1 Å². The maximum Gasteiger partial charge on any atom is 0.339 e. The van der Waals surface area contributed by atoms with Crippen LogP contribution >= 0.6 is 22.9 Å². The number of nitrogens with one attached hydrogen (secondary N) is 1. The van der Waals surface area contributed by atoms with Gasteiger partial charge in [0.2, 0.25) is 0 Å². The molecule has 0 spiro atoms. The Hall–Kier alpha value is -1.43. The average molecular weight is 297 g/mol. The zero-order valence-corrected chi connectivity index (χ0v) is 11.9. The minimum atomic E-state index is -0.375. The van der Waals surface area contributed by atoms with E-state index in [-0.39, 0.29) is 5.97 Å². The predicted octanol–water partition coefficient (Wildman–Crippen LogP) is 2.87. The van der Waals surface area contributed by atoms with Gasteiger partial charge in [0.15, 0.2) is 0 Å².